The van der Waals surface area contributed by atoms with E-state index in [1.807, 2.05) is 6.92 Å². The second-order valence-electron chi connectivity index (χ2n) is 1.79. The molecule has 1 aliphatic rings. The molecule has 1 aliphatic carbocycles. The molecule has 0 aromatic rings. The first kappa shape index (κ1) is 3.72. The maximum absolute atomic E-state index is 5.38. The molecule has 1 fully saturated rings. The highest BCUT2D eigenvalue weighted by atomic mass is 14.6. The van der Waals surface area contributed by atoms with Gasteiger partial charge in [-0.15, -0.1) is 0 Å². The summed E-state index contributed by atoms with van der Waals surface area (Å²) in [4.78, 5) is 0. The fourth-order valence-corrected chi connectivity index (χ4v) is 0.457. The maximum atomic E-state index is 5.38. The molecule has 0 aromatic carbocycles. The van der Waals surface area contributed by atoms with Crippen LogP contribution in [0.5, 0.6) is 0 Å². The summed E-state index contributed by atoms with van der Waals surface area (Å²) in [6, 6.07) is 0. The van der Waals surface area contributed by atoms with Gasteiger partial charge in [-0.2, -0.15) is 0 Å². The Morgan fingerprint density at radius 2 is 2.17 bits per heavy atom. The van der Waals surface area contributed by atoms with Gasteiger partial charge in [0.2, 0.25) is 0 Å². The molecule has 0 aliphatic heterocycles. The fraction of sp³-hybridized carbons (Fsp3) is 0.600. The van der Waals surface area contributed by atoms with E-state index in [2.05, 4.69) is 0 Å². The molecule has 0 unspecified atom stereocenters. The summed E-state index contributed by atoms with van der Waals surface area (Å²) in [5, 5.41) is 0. The molecular formula is C5H9N. The number of hydrogen-bond donors (Lipinski definition) is 1. The molecule has 0 atom stereocenters. The van der Waals surface area contributed by atoms with Gasteiger partial charge in [0, 0.05) is 5.70 Å². The molecule has 34 valence electrons. The first-order valence-corrected chi connectivity index (χ1v) is 2.25. The van der Waals surface area contributed by atoms with Gasteiger partial charge in [-0.25, -0.2) is 0 Å². The Hall–Kier alpha value is -0.460. The zero-order chi connectivity index (χ0) is 4.57. The van der Waals surface area contributed by atoms with Crippen LogP contribution in [0.1, 0.15) is 19.8 Å². The van der Waals surface area contributed by atoms with E-state index in [4.69, 9.17) is 5.73 Å². The van der Waals surface area contributed by atoms with Crippen LogP contribution in [0.3, 0.4) is 0 Å². The van der Waals surface area contributed by atoms with E-state index in [1.54, 1.807) is 0 Å². The van der Waals surface area contributed by atoms with Crippen molar-refractivity contribution in [2.45, 2.75) is 19.8 Å². The Morgan fingerprint density at radius 3 is 2.17 bits per heavy atom. The molecular weight excluding hydrogens is 74.1 g/mol. The van der Waals surface area contributed by atoms with Crippen molar-refractivity contribution >= 4 is 0 Å². The molecule has 0 saturated heterocycles. The van der Waals surface area contributed by atoms with Gasteiger partial charge < -0.3 is 5.73 Å². The number of rotatable bonds is 0. The fourth-order valence-electron chi connectivity index (χ4n) is 0.457. The van der Waals surface area contributed by atoms with Gasteiger partial charge in [0.1, 0.15) is 0 Å². The van der Waals surface area contributed by atoms with Gasteiger partial charge in [0.15, 0.2) is 0 Å². The molecule has 6 heavy (non-hydrogen) atoms. The highest BCUT2D eigenvalue weighted by Crippen LogP contribution is 2.28. The summed E-state index contributed by atoms with van der Waals surface area (Å²) in [7, 11) is 0. The average Bonchev–Trinajstić information content (AvgIpc) is 2.06. The smallest absolute Gasteiger partial charge is 0.00410 e. The van der Waals surface area contributed by atoms with Gasteiger partial charge >= 0.3 is 0 Å². The minimum Gasteiger partial charge on any atom is -0.402 e. The number of hydrogen-bond acceptors (Lipinski definition) is 1. The van der Waals surface area contributed by atoms with E-state index in [0.29, 0.717) is 0 Å². The molecule has 2 N–H and O–H groups in total. The first-order valence-electron chi connectivity index (χ1n) is 2.25. The molecule has 0 heterocycles. The molecule has 1 heteroatoms. The van der Waals surface area contributed by atoms with Gasteiger partial charge in [0.25, 0.3) is 0 Å². The van der Waals surface area contributed by atoms with Gasteiger partial charge in [-0.3, -0.25) is 0 Å². The van der Waals surface area contributed by atoms with Crippen LogP contribution in [0, 0.1) is 0 Å². The van der Waals surface area contributed by atoms with Crippen LogP contribution in [0.2, 0.25) is 0 Å². The zero-order valence-corrected chi connectivity index (χ0v) is 3.99. The third-order valence-electron chi connectivity index (χ3n) is 1.06. The first-order chi connectivity index (χ1) is 2.80. The summed E-state index contributed by atoms with van der Waals surface area (Å²) < 4.78 is 0. The van der Waals surface area contributed by atoms with Crippen LogP contribution in [0.15, 0.2) is 11.3 Å². The van der Waals surface area contributed by atoms with Crippen molar-refractivity contribution in [3.05, 3.63) is 11.3 Å². The lowest BCUT2D eigenvalue weighted by Crippen LogP contribution is -1.87. The topological polar surface area (TPSA) is 26.0 Å². The van der Waals surface area contributed by atoms with Crippen molar-refractivity contribution in [3.8, 4) is 0 Å². The molecule has 0 spiro atoms. The molecule has 1 rings (SSSR count). The quantitative estimate of drug-likeness (QED) is 0.464. The van der Waals surface area contributed by atoms with Crippen molar-refractivity contribution in [2.75, 3.05) is 0 Å². The van der Waals surface area contributed by atoms with Crippen molar-refractivity contribution in [2.24, 2.45) is 5.73 Å². The molecule has 0 radical (unpaired) electrons. The predicted molar refractivity (Wildman–Crippen MR) is 26.1 cm³/mol. The molecule has 0 aromatic heterocycles. The minimum atomic E-state index is 1.04. The van der Waals surface area contributed by atoms with Crippen LogP contribution in [-0.2, 0) is 0 Å². The van der Waals surface area contributed by atoms with Gasteiger partial charge in [-0.05, 0) is 19.8 Å². The summed E-state index contributed by atoms with van der Waals surface area (Å²) in [6.45, 7) is 1.96. The van der Waals surface area contributed by atoms with E-state index in [1.165, 1.54) is 18.4 Å². The van der Waals surface area contributed by atoms with Crippen LogP contribution >= 0.6 is 0 Å². The van der Waals surface area contributed by atoms with Gasteiger partial charge in [-0.1, -0.05) is 5.57 Å². The van der Waals surface area contributed by atoms with Crippen LogP contribution < -0.4 is 5.73 Å². The Morgan fingerprint density at radius 1 is 1.67 bits per heavy atom. The highest BCUT2D eigenvalue weighted by molar-refractivity contribution is 5.20. The maximum Gasteiger partial charge on any atom is 0.00410 e. The summed E-state index contributed by atoms with van der Waals surface area (Å²) in [6.07, 6.45) is 2.50. The second kappa shape index (κ2) is 1.00. The SMILES string of the molecule is CC(N)=C1CC1. The lowest BCUT2D eigenvalue weighted by molar-refractivity contribution is 1.29. The van der Waals surface area contributed by atoms with E-state index in [0.717, 1.165) is 5.70 Å². The Bertz CT molecular complexity index is 82.1. The van der Waals surface area contributed by atoms with Crippen molar-refractivity contribution in [1.82, 2.24) is 0 Å². The third-order valence-corrected chi connectivity index (χ3v) is 1.06. The summed E-state index contributed by atoms with van der Waals surface area (Å²) in [5.41, 5.74) is 7.87. The van der Waals surface area contributed by atoms with Crippen molar-refractivity contribution < 1.29 is 0 Å². The second-order valence-corrected chi connectivity index (χ2v) is 1.79. The van der Waals surface area contributed by atoms with Crippen molar-refractivity contribution in [1.29, 1.82) is 0 Å². The van der Waals surface area contributed by atoms with E-state index in [-0.39, 0.29) is 0 Å². The third kappa shape index (κ3) is 0.534. The van der Waals surface area contributed by atoms with E-state index in [9.17, 15) is 0 Å². The highest BCUT2D eigenvalue weighted by Gasteiger charge is 2.11. The van der Waals surface area contributed by atoms with E-state index < -0.39 is 0 Å². The Labute approximate surface area is 37.8 Å². The predicted octanol–water partition coefficient (Wildman–Crippen LogP) is 1.01. The standard InChI is InChI=1S/C5H9N/c1-4(6)5-2-3-5/h2-3,6H2,1H3. The summed E-state index contributed by atoms with van der Waals surface area (Å²) in [5.74, 6) is 0. The van der Waals surface area contributed by atoms with Gasteiger partial charge in [0.05, 0.1) is 0 Å². The lowest BCUT2D eigenvalue weighted by atomic mass is 10.5. The average molecular weight is 83.1 g/mol. The zero-order valence-electron chi connectivity index (χ0n) is 3.99. The van der Waals surface area contributed by atoms with E-state index >= 15 is 0 Å². The van der Waals surface area contributed by atoms with Crippen LogP contribution in [-0.4, -0.2) is 0 Å². The van der Waals surface area contributed by atoms with Crippen LogP contribution in [0.25, 0.3) is 0 Å². The molecule has 1 nitrogen and oxygen atoms in total. The van der Waals surface area contributed by atoms with Crippen molar-refractivity contribution in [3.63, 3.8) is 0 Å². The molecule has 0 bridgehead atoms. The lowest BCUT2D eigenvalue weighted by Gasteiger charge is -1.78. The largest absolute Gasteiger partial charge is 0.402 e. The Balaban J connectivity index is 2.61. The number of nitrogens with two attached hydrogens (primary N) is 1. The monoisotopic (exact) mass is 83.1 g/mol. The number of allylic oxidation sites excluding steroid dienone is 2. The molecule has 1 saturated carbocycles. The Kier molecular flexibility index (Phi) is 0.621. The normalized spacial score (nSPS) is 17.8. The molecule has 0 amide bonds. The van der Waals surface area contributed by atoms with Crippen LogP contribution in [0.4, 0.5) is 0 Å². The summed E-state index contributed by atoms with van der Waals surface area (Å²) >= 11 is 0. The minimum absolute atomic E-state index is 1.04.